The van der Waals surface area contributed by atoms with E-state index in [1.165, 1.54) is 38.2 Å². The van der Waals surface area contributed by atoms with Crippen molar-refractivity contribution in [3.8, 4) is 35.4 Å². The second-order valence-electron chi connectivity index (χ2n) is 13.6. The first-order valence-electron chi connectivity index (χ1n) is 15.9. The molecule has 0 amide bonds. The van der Waals surface area contributed by atoms with Crippen LogP contribution in [-0.4, -0.2) is 75.4 Å². The molecule has 2 aromatic heterocycles. The number of piperazine rings is 1. The third-order valence-electron chi connectivity index (χ3n) is 11.2. The van der Waals surface area contributed by atoms with Gasteiger partial charge in [0.05, 0.1) is 10.9 Å². The van der Waals surface area contributed by atoms with Crippen molar-refractivity contribution in [3.05, 3.63) is 47.9 Å². The molecule has 9 rings (SSSR count). The van der Waals surface area contributed by atoms with Gasteiger partial charge in [-0.1, -0.05) is 18.1 Å². The van der Waals surface area contributed by atoms with Gasteiger partial charge >= 0.3 is 6.01 Å². The second-order valence-corrected chi connectivity index (χ2v) is 13.6. The maximum atomic E-state index is 16.9. The van der Waals surface area contributed by atoms with Gasteiger partial charge < -0.3 is 20.1 Å². The van der Waals surface area contributed by atoms with Gasteiger partial charge in [0.15, 0.2) is 5.82 Å². The topological polar surface area (TPSA) is 86.6 Å². The average molecular weight is 591 g/mol. The van der Waals surface area contributed by atoms with Crippen molar-refractivity contribution in [2.75, 3.05) is 37.7 Å². The summed E-state index contributed by atoms with van der Waals surface area (Å²) in [5, 5.41) is 16.3. The molecule has 1 aliphatic carbocycles. The fraction of sp³-hybridized carbons (Fsp3) is 0.457. The summed E-state index contributed by atoms with van der Waals surface area (Å²) in [5.74, 6) is 2.82. The molecule has 8 nitrogen and oxygen atoms in total. The number of terminal acetylenes is 1. The van der Waals surface area contributed by atoms with Crippen LogP contribution in [0.2, 0.25) is 0 Å². The summed E-state index contributed by atoms with van der Waals surface area (Å²) in [4.78, 5) is 19.2. The molecule has 44 heavy (non-hydrogen) atoms. The Labute approximate surface area is 255 Å². The van der Waals surface area contributed by atoms with Crippen LogP contribution in [0.4, 0.5) is 10.2 Å². The van der Waals surface area contributed by atoms with Gasteiger partial charge in [0.2, 0.25) is 0 Å². The van der Waals surface area contributed by atoms with Gasteiger partial charge in [0.25, 0.3) is 0 Å². The number of ether oxygens (including phenoxy) is 1. The lowest BCUT2D eigenvalue weighted by atomic mass is 9.95. The van der Waals surface area contributed by atoms with Gasteiger partial charge in [-0.15, -0.1) is 6.42 Å². The van der Waals surface area contributed by atoms with Gasteiger partial charge in [0, 0.05) is 47.9 Å². The molecule has 9 heteroatoms. The van der Waals surface area contributed by atoms with E-state index < -0.39 is 5.82 Å². The molecule has 4 aliphatic heterocycles. The number of aromatic nitrogens is 3. The van der Waals surface area contributed by atoms with E-state index in [0.717, 1.165) is 39.0 Å². The Morgan fingerprint density at radius 3 is 2.75 bits per heavy atom. The number of hydrogen-bond donors (Lipinski definition) is 2. The van der Waals surface area contributed by atoms with Crippen LogP contribution in [0.15, 0.2) is 36.5 Å². The van der Waals surface area contributed by atoms with Crippen molar-refractivity contribution in [1.82, 2.24) is 25.2 Å². The van der Waals surface area contributed by atoms with E-state index in [-0.39, 0.29) is 28.5 Å². The lowest BCUT2D eigenvalue weighted by Gasteiger charge is -2.35. The number of pyridine rings is 1. The van der Waals surface area contributed by atoms with Gasteiger partial charge in [-0.05, 0) is 87.0 Å². The standard InChI is InChI=1S/C35H35FN6O2/c1-2-21-6-3-7-22-14-24(43)15-25(28(21)22)30-29(36)31-26(17-37-30)32(41-18-23-16-34(10-11-34)27(19-41)38-23)40-33(39-31)44-20-35-8-4-12-42(35)13-5-9-35/h1,3,6-7,14-15,17,23,27,38,43H,4-5,8-13,16,18-20H2. The summed E-state index contributed by atoms with van der Waals surface area (Å²) >= 11 is 0. The number of aromatic hydroxyl groups is 1. The third kappa shape index (κ3) is 3.93. The average Bonchev–Trinajstić information content (AvgIpc) is 3.42. The van der Waals surface area contributed by atoms with Crippen LogP contribution >= 0.6 is 0 Å². The number of halogens is 1. The number of nitrogens with one attached hydrogen (secondary N) is 1. The molecule has 4 saturated heterocycles. The van der Waals surface area contributed by atoms with Crippen molar-refractivity contribution in [3.63, 3.8) is 0 Å². The van der Waals surface area contributed by atoms with E-state index in [0.29, 0.717) is 57.2 Å². The molecule has 2 bridgehead atoms. The monoisotopic (exact) mass is 590 g/mol. The number of nitrogens with zero attached hydrogens (tertiary/aromatic N) is 5. The highest BCUT2D eigenvalue weighted by Gasteiger charge is 2.57. The summed E-state index contributed by atoms with van der Waals surface area (Å²) in [5.41, 5.74) is 1.70. The fourth-order valence-corrected chi connectivity index (χ4v) is 8.86. The summed E-state index contributed by atoms with van der Waals surface area (Å²) in [6, 6.07) is 9.64. The van der Waals surface area contributed by atoms with Crippen LogP contribution in [-0.2, 0) is 0 Å². The highest BCUT2D eigenvalue weighted by molar-refractivity contribution is 6.02. The quantitative estimate of drug-likeness (QED) is 0.314. The van der Waals surface area contributed by atoms with E-state index in [2.05, 4.69) is 26.0 Å². The Bertz CT molecular complexity index is 1870. The van der Waals surface area contributed by atoms with Gasteiger partial charge in [0.1, 0.15) is 29.4 Å². The highest BCUT2D eigenvalue weighted by atomic mass is 19.1. The predicted molar refractivity (Wildman–Crippen MR) is 167 cm³/mol. The van der Waals surface area contributed by atoms with E-state index in [4.69, 9.17) is 21.1 Å². The van der Waals surface area contributed by atoms with E-state index >= 15 is 4.39 Å². The van der Waals surface area contributed by atoms with E-state index in [1.807, 2.05) is 18.2 Å². The minimum absolute atomic E-state index is 0.0117. The summed E-state index contributed by atoms with van der Waals surface area (Å²) in [6.45, 7) is 4.30. The van der Waals surface area contributed by atoms with Crippen LogP contribution in [0.25, 0.3) is 32.9 Å². The summed E-state index contributed by atoms with van der Waals surface area (Å²) < 4.78 is 23.3. The van der Waals surface area contributed by atoms with Crippen LogP contribution in [0.5, 0.6) is 11.8 Å². The zero-order valence-electron chi connectivity index (χ0n) is 24.7. The van der Waals surface area contributed by atoms with Crippen molar-refractivity contribution in [1.29, 1.82) is 0 Å². The minimum Gasteiger partial charge on any atom is -0.508 e. The van der Waals surface area contributed by atoms with Crippen LogP contribution in [0.3, 0.4) is 0 Å². The Morgan fingerprint density at radius 1 is 1.11 bits per heavy atom. The van der Waals surface area contributed by atoms with Gasteiger partial charge in [-0.3, -0.25) is 9.88 Å². The maximum Gasteiger partial charge on any atom is 0.319 e. The molecule has 0 radical (unpaired) electrons. The van der Waals surface area contributed by atoms with Crippen molar-refractivity contribution in [2.45, 2.75) is 62.6 Å². The molecule has 2 N–H and O–H groups in total. The lowest BCUT2D eigenvalue weighted by molar-refractivity contribution is 0.108. The second kappa shape index (κ2) is 9.50. The van der Waals surface area contributed by atoms with Crippen molar-refractivity contribution in [2.24, 2.45) is 5.41 Å². The first kappa shape index (κ1) is 26.4. The molecule has 2 aromatic carbocycles. The Hall–Kier alpha value is -4.00. The van der Waals surface area contributed by atoms with E-state index in [1.54, 1.807) is 12.3 Å². The normalized spacial score (nSPS) is 24.7. The first-order chi connectivity index (χ1) is 21.5. The SMILES string of the molecule is C#Cc1cccc2cc(O)cc(-c3ncc4c(N5CC6CC7(CC7)C(C5)N6)nc(OCC56CCCN5CCC6)nc4c3F)c12. The molecule has 1 saturated carbocycles. The fourth-order valence-electron chi connectivity index (χ4n) is 8.86. The number of phenols is 1. The third-order valence-corrected chi connectivity index (χ3v) is 11.2. The number of benzene rings is 2. The summed E-state index contributed by atoms with van der Waals surface area (Å²) in [6.07, 6.45) is 15.8. The molecular formula is C35H35FN6O2. The van der Waals surface area contributed by atoms with Gasteiger partial charge in [-0.25, -0.2) is 4.39 Å². The van der Waals surface area contributed by atoms with E-state index in [9.17, 15) is 5.11 Å². The van der Waals surface area contributed by atoms with Gasteiger partial charge in [-0.2, -0.15) is 9.97 Å². The van der Waals surface area contributed by atoms with Crippen LogP contribution < -0.4 is 15.0 Å². The highest BCUT2D eigenvalue weighted by Crippen LogP contribution is 2.57. The largest absolute Gasteiger partial charge is 0.508 e. The minimum atomic E-state index is -0.576. The Morgan fingerprint density at radius 2 is 1.95 bits per heavy atom. The number of fused-ring (bicyclic) bond motifs is 6. The molecular weight excluding hydrogens is 555 g/mol. The van der Waals surface area contributed by atoms with Crippen molar-refractivity contribution >= 4 is 27.5 Å². The van der Waals surface area contributed by atoms with Crippen LogP contribution in [0.1, 0.15) is 50.5 Å². The molecule has 5 aliphatic rings. The molecule has 6 heterocycles. The molecule has 1 spiro atoms. The first-order valence-corrected chi connectivity index (χ1v) is 15.9. The van der Waals surface area contributed by atoms with Crippen LogP contribution in [0, 0.1) is 23.6 Å². The molecule has 5 fully saturated rings. The number of phenolic OH excluding ortho intramolecular Hbond substituents is 1. The molecule has 2 unspecified atom stereocenters. The zero-order valence-corrected chi connectivity index (χ0v) is 24.7. The molecule has 224 valence electrons. The molecule has 2 atom stereocenters. The molecule has 4 aromatic rings. The smallest absolute Gasteiger partial charge is 0.319 e. The lowest BCUT2D eigenvalue weighted by Crippen LogP contribution is -2.52. The maximum absolute atomic E-state index is 16.9. The predicted octanol–water partition coefficient (Wildman–Crippen LogP) is 5.01. The summed E-state index contributed by atoms with van der Waals surface area (Å²) in [7, 11) is 0. The Kier molecular flexibility index (Phi) is 5.70. The Balaban J connectivity index is 1.18. The zero-order chi connectivity index (χ0) is 29.6. The number of hydrogen-bond acceptors (Lipinski definition) is 8. The number of rotatable bonds is 5. The van der Waals surface area contributed by atoms with Crippen molar-refractivity contribution < 1.29 is 14.2 Å². The number of anilines is 1.